The Labute approximate surface area is 172 Å². The third-order valence-corrected chi connectivity index (χ3v) is 4.81. The molecule has 9 heteroatoms. The number of aryl methyl sites for hydroxylation is 1. The van der Waals surface area contributed by atoms with Crippen molar-refractivity contribution in [2.75, 3.05) is 20.7 Å². The quantitative estimate of drug-likeness (QED) is 0.516. The van der Waals surface area contributed by atoms with E-state index in [2.05, 4.69) is 5.10 Å². The lowest BCUT2D eigenvalue weighted by atomic mass is 10.2. The molecule has 0 bridgehead atoms. The van der Waals surface area contributed by atoms with Crippen LogP contribution in [0.2, 0.25) is 15.2 Å². The lowest BCUT2D eigenvalue weighted by Crippen LogP contribution is -2.27. The van der Waals surface area contributed by atoms with Gasteiger partial charge in [-0.05, 0) is 25.1 Å². The van der Waals surface area contributed by atoms with E-state index in [1.54, 1.807) is 43.9 Å². The van der Waals surface area contributed by atoms with E-state index < -0.39 is 5.97 Å². The molecule has 1 aromatic heterocycles. The van der Waals surface area contributed by atoms with Crippen LogP contribution in [0.4, 0.5) is 0 Å². The SMILES string of the molecule is Cc1nn(Cc2c(Cl)cccc2Cl)c(Cl)c1/C=C/C(=O)OCC(=O)N(C)C. The molecule has 0 aliphatic rings. The number of esters is 1. The van der Waals surface area contributed by atoms with Crippen LogP contribution in [0.5, 0.6) is 0 Å². The molecule has 1 aromatic carbocycles. The summed E-state index contributed by atoms with van der Waals surface area (Å²) in [5.41, 5.74) is 1.88. The summed E-state index contributed by atoms with van der Waals surface area (Å²) in [6, 6.07) is 5.22. The molecule has 0 saturated heterocycles. The second-order valence-corrected chi connectivity index (χ2v) is 7.05. The fourth-order valence-electron chi connectivity index (χ4n) is 2.16. The van der Waals surface area contributed by atoms with Crippen LogP contribution in [0, 0.1) is 6.92 Å². The number of likely N-dealkylation sites (N-methyl/N-ethyl adjacent to an activating group) is 1. The first-order valence-corrected chi connectivity index (χ1v) is 9.05. The third kappa shape index (κ3) is 5.48. The van der Waals surface area contributed by atoms with Crippen LogP contribution in [0.15, 0.2) is 24.3 Å². The molecule has 0 N–H and O–H groups in total. The van der Waals surface area contributed by atoms with Crippen LogP contribution in [0.1, 0.15) is 16.8 Å². The van der Waals surface area contributed by atoms with Crippen molar-refractivity contribution in [3.63, 3.8) is 0 Å². The summed E-state index contributed by atoms with van der Waals surface area (Å²) < 4.78 is 6.42. The molecule has 0 atom stereocenters. The van der Waals surface area contributed by atoms with E-state index in [4.69, 9.17) is 39.5 Å². The van der Waals surface area contributed by atoms with Crippen LogP contribution >= 0.6 is 34.8 Å². The molecule has 0 fully saturated rings. The summed E-state index contributed by atoms with van der Waals surface area (Å²) in [6.45, 7) is 1.72. The topological polar surface area (TPSA) is 64.4 Å². The van der Waals surface area contributed by atoms with Gasteiger partial charge in [-0.3, -0.25) is 4.79 Å². The Morgan fingerprint density at radius 1 is 1.22 bits per heavy atom. The van der Waals surface area contributed by atoms with E-state index in [9.17, 15) is 9.59 Å². The van der Waals surface area contributed by atoms with Gasteiger partial charge >= 0.3 is 5.97 Å². The summed E-state index contributed by atoms with van der Waals surface area (Å²) in [6.07, 6.45) is 2.70. The predicted molar refractivity (Wildman–Crippen MR) is 106 cm³/mol. The number of nitrogens with zero attached hydrogens (tertiary/aromatic N) is 3. The molecule has 2 rings (SSSR count). The Morgan fingerprint density at radius 2 is 1.85 bits per heavy atom. The third-order valence-electron chi connectivity index (χ3n) is 3.70. The number of amides is 1. The number of hydrogen-bond acceptors (Lipinski definition) is 4. The van der Waals surface area contributed by atoms with Crippen LogP contribution < -0.4 is 0 Å². The highest BCUT2D eigenvalue weighted by atomic mass is 35.5. The van der Waals surface area contributed by atoms with Gasteiger partial charge in [0, 0.05) is 41.3 Å². The van der Waals surface area contributed by atoms with E-state index in [1.807, 2.05) is 0 Å². The number of ether oxygens (including phenoxy) is 1. The number of carbonyl (C=O) groups is 2. The summed E-state index contributed by atoms with van der Waals surface area (Å²) in [4.78, 5) is 24.5. The second kappa shape index (κ2) is 9.26. The molecule has 0 unspecified atom stereocenters. The monoisotopic (exact) mass is 429 g/mol. The molecule has 1 amide bonds. The van der Waals surface area contributed by atoms with Gasteiger partial charge < -0.3 is 9.64 Å². The first kappa shape index (κ1) is 21.3. The van der Waals surface area contributed by atoms with E-state index in [0.717, 1.165) is 0 Å². The maximum Gasteiger partial charge on any atom is 0.331 e. The smallest absolute Gasteiger partial charge is 0.331 e. The van der Waals surface area contributed by atoms with E-state index in [1.165, 1.54) is 17.1 Å². The fraction of sp³-hybridized carbons (Fsp3) is 0.278. The van der Waals surface area contributed by atoms with Crippen molar-refractivity contribution in [3.8, 4) is 0 Å². The second-order valence-electron chi connectivity index (χ2n) is 5.88. The number of aromatic nitrogens is 2. The lowest BCUT2D eigenvalue weighted by Gasteiger charge is -2.09. The van der Waals surface area contributed by atoms with E-state index >= 15 is 0 Å². The van der Waals surface area contributed by atoms with Crippen molar-refractivity contribution >= 4 is 52.8 Å². The number of benzene rings is 1. The van der Waals surface area contributed by atoms with Gasteiger partial charge in [0.05, 0.1) is 12.2 Å². The van der Waals surface area contributed by atoms with Crippen LogP contribution in [-0.2, 0) is 20.9 Å². The molecular weight excluding hydrogens is 413 g/mol. The van der Waals surface area contributed by atoms with Gasteiger partial charge in [0.2, 0.25) is 0 Å². The highest BCUT2D eigenvalue weighted by Gasteiger charge is 2.15. The molecule has 2 aromatic rings. The first-order chi connectivity index (χ1) is 12.7. The zero-order valence-corrected chi connectivity index (χ0v) is 17.3. The van der Waals surface area contributed by atoms with Crippen molar-refractivity contribution in [2.24, 2.45) is 0 Å². The van der Waals surface area contributed by atoms with Gasteiger partial charge in [-0.2, -0.15) is 5.10 Å². The van der Waals surface area contributed by atoms with Crippen molar-refractivity contribution in [1.82, 2.24) is 14.7 Å². The summed E-state index contributed by atoms with van der Waals surface area (Å²) in [5, 5.41) is 5.72. The number of carbonyl (C=O) groups excluding carboxylic acids is 2. The van der Waals surface area contributed by atoms with Crippen LogP contribution in [0.3, 0.4) is 0 Å². The van der Waals surface area contributed by atoms with E-state index in [-0.39, 0.29) is 19.1 Å². The van der Waals surface area contributed by atoms with Crippen LogP contribution in [-0.4, -0.2) is 47.3 Å². The molecule has 0 radical (unpaired) electrons. The van der Waals surface area contributed by atoms with Crippen molar-refractivity contribution in [1.29, 1.82) is 0 Å². The molecule has 1 heterocycles. The van der Waals surface area contributed by atoms with Gasteiger partial charge in [0.25, 0.3) is 5.91 Å². The van der Waals surface area contributed by atoms with Gasteiger partial charge in [-0.1, -0.05) is 40.9 Å². The maximum absolute atomic E-state index is 11.8. The van der Waals surface area contributed by atoms with Gasteiger partial charge in [-0.15, -0.1) is 0 Å². The van der Waals surface area contributed by atoms with Gasteiger partial charge in [0.1, 0.15) is 5.15 Å². The highest BCUT2D eigenvalue weighted by molar-refractivity contribution is 6.36. The van der Waals surface area contributed by atoms with Crippen molar-refractivity contribution < 1.29 is 14.3 Å². The number of hydrogen-bond donors (Lipinski definition) is 0. The molecule has 6 nitrogen and oxygen atoms in total. The molecule has 0 spiro atoms. The first-order valence-electron chi connectivity index (χ1n) is 7.91. The predicted octanol–water partition coefficient (Wildman–Crippen LogP) is 3.84. The highest BCUT2D eigenvalue weighted by Crippen LogP contribution is 2.28. The van der Waals surface area contributed by atoms with Crippen molar-refractivity contribution in [2.45, 2.75) is 13.5 Å². The minimum atomic E-state index is -0.650. The van der Waals surface area contributed by atoms with Gasteiger partial charge in [-0.25, -0.2) is 9.48 Å². The molecule has 27 heavy (non-hydrogen) atoms. The van der Waals surface area contributed by atoms with Gasteiger partial charge in [0.15, 0.2) is 6.61 Å². The Hall–Kier alpha value is -2.02. The Morgan fingerprint density at radius 3 is 2.44 bits per heavy atom. The normalized spacial score (nSPS) is 11.0. The number of rotatable bonds is 6. The number of halogens is 3. The Balaban J connectivity index is 2.13. The molecule has 0 aliphatic heterocycles. The average molecular weight is 431 g/mol. The summed E-state index contributed by atoms with van der Waals surface area (Å²) >= 11 is 18.8. The zero-order chi connectivity index (χ0) is 20.1. The fourth-order valence-corrected chi connectivity index (χ4v) is 2.97. The maximum atomic E-state index is 11.8. The minimum absolute atomic E-state index is 0.286. The summed E-state index contributed by atoms with van der Waals surface area (Å²) in [7, 11) is 3.16. The molecule has 0 saturated carbocycles. The largest absolute Gasteiger partial charge is 0.452 e. The van der Waals surface area contributed by atoms with E-state index in [0.29, 0.717) is 32.0 Å². The summed E-state index contributed by atoms with van der Waals surface area (Å²) in [5.74, 6) is -0.960. The Kier molecular flexibility index (Phi) is 7.30. The van der Waals surface area contributed by atoms with Crippen molar-refractivity contribution in [3.05, 3.63) is 56.3 Å². The molecule has 144 valence electrons. The molecule has 0 aliphatic carbocycles. The Bertz CT molecular complexity index is 871. The molecular formula is C18H18Cl3N3O3. The zero-order valence-electron chi connectivity index (χ0n) is 15.0. The lowest BCUT2D eigenvalue weighted by molar-refractivity contribution is -0.146. The standard InChI is InChI=1S/C18H18Cl3N3O3/c1-11-12(7-8-17(26)27-10-16(25)23(2)3)18(21)24(22-11)9-13-14(19)5-4-6-15(13)20/h4-8H,9-10H2,1-3H3/b8-7+. The van der Waals surface area contributed by atoms with Crippen LogP contribution in [0.25, 0.3) is 6.08 Å². The average Bonchev–Trinajstić information content (AvgIpc) is 2.87. The minimum Gasteiger partial charge on any atom is -0.452 e.